The van der Waals surface area contributed by atoms with Gasteiger partial charge in [0.2, 0.25) is 0 Å². The van der Waals surface area contributed by atoms with Crippen molar-refractivity contribution in [3.8, 4) is 0 Å². The Morgan fingerprint density at radius 2 is 2.18 bits per heavy atom. The van der Waals surface area contributed by atoms with Crippen LogP contribution < -0.4 is 5.32 Å². The van der Waals surface area contributed by atoms with Gasteiger partial charge >= 0.3 is 0 Å². The molecule has 6 nitrogen and oxygen atoms in total. The molecule has 1 N–H and O–H groups in total. The van der Waals surface area contributed by atoms with Gasteiger partial charge < -0.3 is 9.73 Å². The molecular formula is C14H9ClN2O4S. The molecule has 0 fully saturated rings. The Bertz CT molecular complexity index is 857. The lowest BCUT2D eigenvalue weighted by atomic mass is 10.2. The number of nitro benzene ring substituents is 1. The van der Waals surface area contributed by atoms with Crippen LogP contribution in [0.4, 0.5) is 5.69 Å². The second kappa shape index (κ2) is 5.78. The summed E-state index contributed by atoms with van der Waals surface area (Å²) in [5.74, 6) is 0.216. The Kier molecular flexibility index (Phi) is 3.82. The molecule has 0 unspecified atom stereocenters. The Morgan fingerprint density at radius 1 is 1.36 bits per heavy atom. The second-order valence-corrected chi connectivity index (χ2v) is 5.82. The van der Waals surface area contributed by atoms with E-state index in [0.717, 1.165) is 11.3 Å². The topological polar surface area (TPSA) is 85.4 Å². The molecule has 0 bridgehead atoms. The number of amides is 1. The van der Waals surface area contributed by atoms with Crippen LogP contribution in [0.5, 0.6) is 0 Å². The van der Waals surface area contributed by atoms with Crippen molar-refractivity contribution in [1.29, 1.82) is 0 Å². The van der Waals surface area contributed by atoms with Crippen LogP contribution in [0.1, 0.15) is 15.4 Å². The maximum Gasteiger partial charge on any atom is 0.287 e. The first-order valence-electron chi connectivity index (χ1n) is 6.24. The van der Waals surface area contributed by atoms with Crippen LogP contribution in [0.15, 0.2) is 41.0 Å². The summed E-state index contributed by atoms with van der Waals surface area (Å²) < 4.78 is 5.52. The molecule has 1 aromatic carbocycles. The van der Waals surface area contributed by atoms with E-state index in [1.165, 1.54) is 12.3 Å². The Hall–Kier alpha value is -2.38. The predicted octanol–water partition coefficient (Wildman–Crippen LogP) is 3.99. The highest BCUT2D eigenvalue weighted by atomic mass is 35.5. The molecule has 22 heavy (non-hydrogen) atoms. The van der Waals surface area contributed by atoms with Gasteiger partial charge in [-0.3, -0.25) is 14.9 Å². The van der Waals surface area contributed by atoms with Gasteiger partial charge in [-0.1, -0.05) is 23.7 Å². The molecule has 0 aliphatic heterocycles. The first kappa shape index (κ1) is 14.6. The number of halogens is 1. The van der Waals surface area contributed by atoms with Gasteiger partial charge in [0.25, 0.3) is 11.6 Å². The fourth-order valence-corrected chi connectivity index (χ4v) is 3.54. The summed E-state index contributed by atoms with van der Waals surface area (Å²) in [5.41, 5.74) is -0.0607. The molecule has 0 saturated carbocycles. The quantitative estimate of drug-likeness (QED) is 0.576. The lowest BCUT2D eigenvalue weighted by Crippen LogP contribution is -2.21. The third-order valence-electron chi connectivity index (χ3n) is 3.04. The Labute approximate surface area is 133 Å². The van der Waals surface area contributed by atoms with Gasteiger partial charge in [0.05, 0.1) is 22.8 Å². The average molecular weight is 337 g/mol. The zero-order valence-electron chi connectivity index (χ0n) is 11.0. The number of nitrogens with zero attached hydrogens (tertiary/aromatic N) is 1. The first-order chi connectivity index (χ1) is 10.6. The number of furan rings is 1. The van der Waals surface area contributed by atoms with Crippen molar-refractivity contribution in [2.24, 2.45) is 0 Å². The number of hydrogen-bond donors (Lipinski definition) is 1. The largest absolute Gasteiger partial charge is 0.467 e. The van der Waals surface area contributed by atoms with Gasteiger partial charge in [-0.25, -0.2) is 0 Å². The number of rotatable bonds is 4. The lowest BCUT2D eigenvalue weighted by molar-refractivity contribution is -0.382. The summed E-state index contributed by atoms with van der Waals surface area (Å²) in [7, 11) is 0. The van der Waals surface area contributed by atoms with Crippen molar-refractivity contribution in [3.63, 3.8) is 0 Å². The van der Waals surface area contributed by atoms with Crippen LogP contribution in [0.25, 0.3) is 10.1 Å². The molecule has 8 heteroatoms. The Balaban J connectivity index is 1.93. The third kappa shape index (κ3) is 2.56. The summed E-state index contributed by atoms with van der Waals surface area (Å²) in [6, 6.07) is 8.04. The number of fused-ring (bicyclic) bond motifs is 1. The van der Waals surface area contributed by atoms with E-state index in [9.17, 15) is 14.9 Å². The van der Waals surface area contributed by atoms with Gasteiger partial charge in [-0.15, -0.1) is 11.3 Å². The fourth-order valence-electron chi connectivity index (χ4n) is 2.02. The molecule has 0 spiro atoms. The molecule has 0 radical (unpaired) electrons. The molecule has 2 heterocycles. The fraction of sp³-hybridized carbons (Fsp3) is 0.0714. The van der Waals surface area contributed by atoms with E-state index in [0.29, 0.717) is 15.8 Å². The summed E-state index contributed by atoms with van der Waals surface area (Å²) >= 11 is 7.20. The molecular weight excluding hydrogens is 328 g/mol. The molecule has 0 saturated heterocycles. The van der Waals surface area contributed by atoms with Crippen molar-refractivity contribution in [3.05, 3.63) is 62.4 Å². The smallest absolute Gasteiger partial charge is 0.287 e. The van der Waals surface area contributed by atoms with E-state index in [1.54, 1.807) is 24.3 Å². The molecule has 0 aliphatic rings. The maximum atomic E-state index is 12.2. The molecule has 2 aromatic heterocycles. The van der Waals surface area contributed by atoms with E-state index >= 15 is 0 Å². The molecule has 3 rings (SSSR count). The minimum Gasteiger partial charge on any atom is -0.467 e. The van der Waals surface area contributed by atoms with E-state index in [1.807, 2.05) is 0 Å². The summed E-state index contributed by atoms with van der Waals surface area (Å²) in [5, 5.41) is 14.4. The molecule has 112 valence electrons. The monoisotopic (exact) mass is 336 g/mol. The van der Waals surface area contributed by atoms with Crippen LogP contribution in [0, 0.1) is 10.1 Å². The number of carbonyl (C=O) groups excluding carboxylic acids is 1. The summed E-state index contributed by atoms with van der Waals surface area (Å²) in [6.45, 7) is 0.221. The van der Waals surface area contributed by atoms with Crippen LogP contribution >= 0.6 is 22.9 Å². The van der Waals surface area contributed by atoms with Crippen molar-refractivity contribution in [2.75, 3.05) is 0 Å². The van der Waals surface area contributed by atoms with Crippen LogP contribution in [-0.2, 0) is 6.54 Å². The minimum atomic E-state index is -0.486. The third-order valence-corrected chi connectivity index (χ3v) is 4.77. The van der Waals surface area contributed by atoms with Gasteiger partial charge in [0, 0.05) is 11.5 Å². The van der Waals surface area contributed by atoms with E-state index in [4.69, 9.17) is 16.0 Å². The standard InChI is InChI=1S/C14H9ClN2O4S/c15-11-9-4-1-5-10(17(19)20)12(9)22-13(11)14(18)16-7-8-3-2-6-21-8/h1-6H,7H2,(H,16,18). The van der Waals surface area contributed by atoms with Gasteiger partial charge in [-0.05, 0) is 12.1 Å². The van der Waals surface area contributed by atoms with Gasteiger partial charge in [0.15, 0.2) is 0 Å². The lowest BCUT2D eigenvalue weighted by Gasteiger charge is -2.01. The first-order valence-corrected chi connectivity index (χ1v) is 7.43. The van der Waals surface area contributed by atoms with Crippen LogP contribution in [0.3, 0.4) is 0 Å². The highest BCUT2D eigenvalue weighted by molar-refractivity contribution is 7.22. The normalized spacial score (nSPS) is 10.8. The van der Waals surface area contributed by atoms with Crippen molar-refractivity contribution in [1.82, 2.24) is 5.32 Å². The number of carbonyl (C=O) groups is 1. The predicted molar refractivity (Wildman–Crippen MR) is 83.4 cm³/mol. The van der Waals surface area contributed by atoms with Crippen molar-refractivity contribution < 1.29 is 14.1 Å². The number of nitro groups is 1. The number of thiophene rings is 1. The molecule has 0 atom stereocenters. The zero-order valence-corrected chi connectivity index (χ0v) is 12.6. The highest BCUT2D eigenvalue weighted by Crippen LogP contribution is 2.40. The second-order valence-electron chi connectivity index (χ2n) is 4.42. The number of benzene rings is 1. The minimum absolute atomic E-state index is 0.0607. The Morgan fingerprint density at radius 3 is 2.86 bits per heavy atom. The summed E-state index contributed by atoms with van der Waals surface area (Å²) in [4.78, 5) is 23.0. The number of non-ortho nitro benzene ring substituents is 1. The van der Waals surface area contributed by atoms with Gasteiger partial charge in [0.1, 0.15) is 15.3 Å². The van der Waals surface area contributed by atoms with Crippen LogP contribution in [0.2, 0.25) is 5.02 Å². The SMILES string of the molecule is O=C(NCc1ccco1)c1sc2c([N+](=O)[O-])cccc2c1Cl. The number of hydrogen-bond acceptors (Lipinski definition) is 5. The molecule has 0 aliphatic carbocycles. The van der Waals surface area contributed by atoms with Crippen molar-refractivity contribution in [2.45, 2.75) is 6.54 Å². The average Bonchev–Trinajstić information content (AvgIpc) is 3.13. The highest BCUT2D eigenvalue weighted by Gasteiger charge is 2.22. The van der Waals surface area contributed by atoms with E-state index in [2.05, 4.69) is 5.32 Å². The zero-order chi connectivity index (χ0) is 15.7. The summed E-state index contributed by atoms with van der Waals surface area (Å²) in [6.07, 6.45) is 1.51. The van der Waals surface area contributed by atoms with E-state index < -0.39 is 10.8 Å². The number of nitrogens with one attached hydrogen (secondary N) is 1. The molecule has 1 amide bonds. The van der Waals surface area contributed by atoms with Crippen LogP contribution in [-0.4, -0.2) is 10.8 Å². The molecule has 3 aromatic rings. The van der Waals surface area contributed by atoms with Crippen molar-refractivity contribution >= 4 is 44.6 Å². The van der Waals surface area contributed by atoms with Gasteiger partial charge in [-0.2, -0.15) is 0 Å². The van der Waals surface area contributed by atoms with E-state index in [-0.39, 0.29) is 22.1 Å². The maximum absolute atomic E-state index is 12.2.